The Kier molecular flexibility index (Phi) is 5.64. The molecule has 7 nitrogen and oxygen atoms in total. The zero-order valence-corrected chi connectivity index (χ0v) is 19.7. The van der Waals surface area contributed by atoms with Crippen molar-refractivity contribution in [3.63, 3.8) is 0 Å². The third kappa shape index (κ3) is 3.89. The van der Waals surface area contributed by atoms with Crippen molar-refractivity contribution < 1.29 is 13.6 Å². The van der Waals surface area contributed by atoms with Crippen LogP contribution in [0.5, 0.6) is 0 Å². The second-order valence-electron chi connectivity index (χ2n) is 9.44. The van der Waals surface area contributed by atoms with Gasteiger partial charge in [-0.3, -0.25) is 4.79 Å². The van der Waals surface area contributed by atoms with Crippen LogP contribution in [0.3, 0.4) is 0 Å². The number of amides is 1. The smallest absolute Gasteiger partial charge is 0.231 e. The summed E-state index contributed by atoms with van der Waals surface area (Å²) in [5.41, 5.74) is 11.0. The summed E-state index contributed by atoms with van der Waals surface area (Å²) in [5, 5.41) is 4.24. The molecule has 0 atom stereocenters. The maximum absolute atomic E-state index is 14.1. The van der Waals surface area contributed by atoms with Crippen molar-refractivity contribution in [2.45, 2.75) is 31.7 Å². The van der Waals surface area contributed by atoms with Crippen LogP contribution < -0.4 is 16.0 Å². The lowest BCUT2D eigenvalue weighted by Gasteiger charge is -2.24. The number of nitrogens with zero attached hydrogens (tertiary/aromatic N) is 4. The van der Waals surface area contributed by atoms with Crippen molar-refractivity contribution in [1.29, 1.82) is 0 Å². The number of hydrogen-bond acceptors (Lipinski definition) is 5. The maximum atomic E-state index is 14.1. The van der Waals surface area contributed by atoms with Crippen LogP contribution in [0.4, 0.5) is 20.3 Å². The molecule has 2 aliphatic rings. The number of nitrogen functional groups attached to an aromatic ring is 1. The van der Waals surface area contributed by atoms with Crippen molar-refractivity contribution in [1.82, 2.24) is 19.9 Å². The molecule has 1 fully saturated rings. The molecule has 0 radical (unpaired) electrons. The number of nitrogens with one attached hydrogen (secondary N) is 1. The summed E-state index contributed by atoms with van der Waals surface area (Å²) in [7, 11) is 0. The monoisotopic (exact) mass is 488 g/mol. The minimum absolute atomic E-state index is 0.0614. The van der Waals surface area contributed by atoms with Gasteiger partial charge in [0.25, 0.3) is 0 Å². The molecule has 0 unspecified atom stereocenters. The first kappa shape index (κ1) is 22.6. The van der Waals surface area contributed by atoms with E-state index in [9.17, 15) is 13.6 Å². The van der Waals surface area contributed by atoms with Gasteiger partial charge < -0.3 is 20.5 Å². The van der Waals surface area contributed by atoms with E-state index in [1.807, 2.05) is 12.1 Å². The number of halogens is 2. The van der Waals surface area contributed by atoms with Gasteiger partial charge in [-0.2, -0.15) is 0 Å². The third-order valence-electron chi connectivity index (χ3n) is 7.28. The zero-order chi connectivity index (χ0) is 24.8. The van der Waals surface area contributed by atoms with E-state index >= 15 is 0 Å². The van der Waals surface area contributed by atoms with Gasteiger partial charge in [0.15, 0.2) is 0 Å². The molecule has 4 aromatic rings. The molecule has 1 saturated heterocycles. The van der Waals surface area contributed by atoms with E-state index < -0.39 is 11.6 Å². The SMILES string of the molecule is Nc1ncnc2c1c(-c1ccc3c(c1)CCN3C(=O)Cc1cc(F)ccc1F)cn2C1CCNCC1. The first-order valence-corrected chi connectivity index (χ1v) is 12.2. The number of fused-ring (bicyclic) bond motifs is 2. The van der Waals surface area contributed by atoms with Crippen LogP contribution in [0.25, 0.3) is 22.2 Å². The fraction of sp³-hybridized carbons (Fsp3) is 0.296. The van der Waals surface area contributed by atoms with Crippen LogP contribution >= 0.6 is 0 Å². The maximum Gasteiger partial charge on any atom is 0.231 e. The predicted molar refractivity (Wildman–Crippen MR) is 135 cm³/mol. The highest BCUT2D eigenvalue weighted by molar-refractivity contribution is 6.02. The molecule has 9 heteroatoms. The van der Waals surface area contributed by atoms with Crippen LogP contribution in [0.15, 0.2) is 48.9 Å². The molecule has 6 rings (SSSR count). The van der Waals surface area contributed by atoms with Gasteiger partial charge in [0, 0.05) is 35.6 Å². The topological polar surface area (TPSA) is 89.1 Å². The number of anilines is 2. The fourth-order valence-electron chi connectivity index (χ4n) is 5.46. The van der Waals surface area contributed by atoms with Crippen molar-refractivity contribution in [3.8, 4) is 11.1 Å². The van der Waals surface area contributed by atoms with Gasteiger partial charge in [-0.15, -0.1) is 0 Å². The quantitative estimate of drug-likeness (QED) is 0.453. The van der Waals surface area contributed by atoms with Crippen molar-refractivity contribution in [2.75, 3.05) is 30.3 Å². The lowest BCUT2D eigenvalue weighted by molar-refractivity contribution is -0.117. The number of piperidine rings is 1. The Labute approximate surface area is 207 Å². The molecule has 0 spiro atoms. The van der Waals surface area contributed by atoms with Gasteiger partial charge in [-0.25, -0.2) is 18.7 Å². The van der Waals surface area contributed by atoms with Crippen LogP contribution in [0.1, 0.15) is 30.0 Å². The van der Waals surface area contributed by atoms with E-state index in [0.29, 0.717) is 24.8 Å². The molecule has 1 amide bonds. The van der Waals surface area contributed by atoms with Crippen molar-refractivity contribution in [2.24, 2.45) is 0 Å². The Morgan fingerprint density at radius 1 is 1.11 bits per heavy atom. The summed E-state index contributed by atoms with van der Waals surface area (Å²) < 4.78 is 29.9. The molecule has 2 aliphatic heterocycles. The number of carbonyl (C=O) groups is 1. The predicted octanol–water partition coefficient (Wildman–Crippen LogP) is 4.02. The van der Waals surface area contributed by atoms with Gasteiger partial charge in [0.1, 0.15) is 29.4 Å². The molecular formula is C27H26F2N6O. The van der Waals surface area contributed by atoms with Gasteiger partial charge in [-0.05, 0) is 73.8 Å². The van der Waals surface area contributed by atoms with Crippen LogP contribution in [-0.4, -0.2) is 40.1 Å². The lowest BCUT2D eigenvalue weighted by atomic mass is 10.0. The number of carbonyl (C=O) groups excluding carboxylic acids is 1. The number of aromatic nitrogens is 3. The lowest BCUT2D eigenvalue weighted by Crippen LogP contribution is -2.30. The molecule has 36 heavy (non-hydrogen) atoms. The number of rotatable bonds is 4. The number of hydrogen-bond donors (Lipinski definition) is 2. The van der Waals surface area contributed by atoms with Gasteiger partial charge in [-0.1, -0.05) is 6.07 Å². The summed E-state index contributed by atoms with van der Waals surface area (Å²) in [6, 6.07) is 9.50. The molecule has 0 aliphatic carbocycles. The summed E-state index contributed by atoms with van der Waals surface area (Å²) in [5.74, 6) is -0.953. The second kappa shape index (κ2) is 8.98. The summed E-state index contributed by atoms with van der Waals surface area (Å²) in [4.78, 5) is 23.5. The van der Waals surface area contributed by atoms with Crippen LogP contribution in [0, 0.1) is 11.6 Å². The molecule has 3 N–H and O–H groups in total. The minimum atomic E-state index is -0.579. The summed E-state index contributed by atoms with van der Waals surface area (Å²) >= 11 is 0. The van der Waals surface area contributed by atoms with E-state index in [1.54, 1.807) is 4.90 Å². The van der Waals surface area contributed by atoms with E-state index in [0.717, 1.165) is 77.5 Å². The highest BCUT2D eigenvalue weighted by Gasteiger charge is 2.27. The van der Waals surface area contributed by atoms with Gasteiger partial charge in [0.2, 0.25) is 5.91 Å². The average molecular weight is 489 g/mol. The van der Waals surface area contributed by atoms with E-state index in [1.165, 1.54) is 6.33 Å². The largest absolute Gasteiger partial charge is 0.383 e. The zero-order valence-electron chi connectivity index (χ0n) is 19.7. The van der Waals surface area contributed by atoms with Gasteiger partial charge >= 0.3 is 0 Å². The van der Waals surface area contributed by atoms with Crippen molar-refractivity contribution >= 4 is 28.4 Å². The Bertz CT molecular complexity index is 1480. The molecule has 2 aromatic heterocycles. The third-order valence-corrected chi connectivity index (χ3v) is 7.28. The van der Waals surface area contributed by atoms with Gasteiger partial charge in [0.05, 0.1) is 11.8 Å². The summed E-state index contributed by atoms with van der Waals surface area (Å²) in [6.07, 6.45) is 6.15. The molecule has 4 heterocycles. The Morgan fingerprint density at radius 2 is 1.94 bits per heavy atom. The van der Waals surface area contributed by atoms with E-state index in [4.69, 9.17) is 5.73 Å². The Morgan fingerprint density at radius 3 is 2.78 bits per heavy atom. The van der Waals surface area contributed by atoms with Crippen molar-refractivity contribution in [3.05, 3.63) is 71.7 Å². The Balaban J connectivity index is 1.33. The van der Waals surface area contributed by atoms with E-state index in [2.05, 4.69) is 32.1 Å². The molecule has 2 aromatic carbocycles. The highest BCUT2D eigenvalue weighted by Crippen LogP contribution is 2.39. The second-order valence-corrected chi connectivity index (χ2v) is 9.44. The molecule has 184 valence electrons. The van der Waals surface area contributed by atoms with Crippen LogP contribution in [0.2, 0.25) is 0 Å². The minimum Gasteiger partial charge on any atom is -0.383 e. The average Bonchev–Trinajstić information content (AvgIpc) is 3.49. The Hall–Kier alpha value is -3.85. The molecule has 0 bridgehead atoms. The number of nitrogens with two attached hydrogens (primary N) is 1. The first-order chi connectivity index (χ1) is 17.5. The summed E-state index contributed by atoms with van der Waals surface area (Å²) in [6.45, 7) is 2.42. The normalized spacial score (nSPS) is 16.0. The van der Waals surface area contributed by atoms with Crippen LogP contribution in [-0.2, 0) is 17.6 Å². The highest BCUT2D eigenvalue weighted by atomic mass is 19.1. The molecule has 0 saturated carbocycles. The molecular weight excluding hydrogens is 462 g/mol. The fourth-order valence-corrected chi connectivity index (χ4v) is 5.46. The first-order valence-electron chi connectivity index (χ1n) is 12.2. The number of benzene rings is 2. The standard InChI is InChI=1S/C27H26F2N6O/c28-19-2-3-22(29)18(12-19)13-24(36)34-10-7-17-11-16(1-4-23(17)34)21-14-35(20-5-8-31-9-6-20)27-25(21)26(30)32-15-33-27/h1-4,11-12,14-15,20,31H,5-10,13H2,(H2,30,32,33). The van der Waals surface area contributed by atoms with E-state index in [-0.39, 0.29) is 17.9 Å².